The van der Waals surface area contributed by atoms with Crippen molar-refractivity contribution in [3.63, 3.8) is 0 Å². The van der Waals surface area contributed by atoms with E-state index in [1.807, 2.05) is 11.9 Å². The Balaban J connectivity index is 1.31. The minimum absolute atomic E-state index is 0.0159. The van der Waals surface area contributed by atoms with Crippen LogP contribution in [0.3, 0.4) is 0 Å². The van der Waals surface area contributed by atoms with Crippen LogP contribution in [-0.4, -0.2) is 78.7 Å². The number of esters is 1. The number of pyridine rings is 1. The molecule has 1 aliphatic heterocycles. The van der Waals surface area contributed by atoms with E-state index >= 15 is 0 Å². The van der Waals surface area contributed by atoms with Gasteiger partial charge >= 0.3 is 12.1 Å². The number of nitrogens with zero attached hydrogens (tertiary/aromatic N) is 4. The van der Waals surface area contributed by atoms with Gasteiger partial charge in [-0.2, -0.15) is 13.2 Å². The van der Waals surface area contributed by atoms with Crippen molar-refractivity contribution >= 4 is 28.7 Å². The van der Waals surface area contributed by atoms with E-state index in [1.165, 1.54) is 0 Å². The summed E-state index contributed by atoms with van der Waals surface area (Å²) in [4.78, 5) is 41.7. The molecule has 0 unspecified atom stereocenters. The van der Waals surface area contributed by atoms with E-state index in [1.54, 1.807) is 49.3 Å². The molecule has 0 spiro atoms. The van der Waals surface area contributed by atoms with Crippen molar-refractivity contribution < 1.29 is 36.6 Å². The molecule has 1 aliphatic carbocycles. The number of nitrogens with one attached hydrogen (secondary N) is 1. The first-order valence-electron chi connectivity index (χ1n) is 16.4. The van der Waals surface area contributed by atoms with E-state index in [2.05, 4.69) is 9.97 Å². The van der Waals surface area contributed by atoms with Crippen LogP contribution in [0.1, 0.15) is 54.9 Å². The second-order valence-corrected chi connectivity index (χ2v) is 13.1. The molecule has 4 aromatic rings. The van der Waals surface area contributed by atoms with Crippen molar-refractivity contribution in [1.82, 2.24) is 19.9 Å². The number of hydrogen-bond acceptors (Lipinski definition) is 7. The van der Waals surface area contributed by atoms with Gasteiger partial charge in [-0.05, 0) is 69.0 Å². The second kappa shape index (κ2) is 13.8. The number of fused-ring (bicyclic) bond motifs is 1. The van der Waals surface area contributed by atoms with Crippen molar-refractivity contribution in [1.29, 1.82) is 0 Å². The van der Waals surface area contributed by atoms with E-state index in [9.17, 15) is 27.2 Å². The summed E-state index contributed by atoms with van der Waals surface area (Å²) in [5, 5.41) is 0. The normalized spacial score (nSPS) is 16.4. The number of amides is 1. The predicted molar refractivity (Wildman–Crippen MR) is 176 cm³/mol. The Hall–Kier alpha value is -4.52. The third kappa shape index (κ3) is 7.26. The van der Waals surface area contributed by atoms with Crippen LogP contribution in [-0.2, 0) is 20.4 Å². The third-order valence-corrected chi connectivity index (χ3v) is 9.62. The number of piperidine rings is 1. The summed E-state index contributed by atoms with van der Waals surface area (Å²) in [5.41, 5.74) is 1.61. The van der Waals surface area contributed by atoms with E-state index in [0.29, 0.717) is 79.9 Å². The fourth-order valence-corrected chi connectivity index (χ4v) is 6.91. The van der Waals surface area contributed by atoms with Crippen LogP contribution in [0, 0.1) is 17.2 Å². The molecule has 1 amide bonds. The highest BCUT2D eigenvalue weighted by Crippen LogP contribution is 2.43. The molecule has 0 bridgehead atoms. The third-order valence-electron chi connectivity index (χ3n) is 9.62. The standard InChI is InChI=1S/C36H39F4N5O4/c1-4-49-34(47)24-10-14-45(15-11-24)33(46)23-8-6-22(7-9-23)31-42-30-29(44(2)20-35(21-48-3)12-5-13-35)19-28(41-32(30)43-31)25-16-26(36(38,39)40)18-27(37)17-25/h6-9,16-19,24H,4-5,10-15,20-21H2,1-3H3,(H,41,42,43). The van der Waals surface area contributed by atoms with Crippen molar-refractivity contribution in [2.45, 2.75) is 45.2 Å². The zero-order valence-corrected chi connectivity index (χ0v) is 27.7. The number of aromatic amines is 1. The second-order valence-electron chi connectivity index (χ2n) is 13.1. The largest absolute Gasteiger partial charge is 0.466 e. The molecular formula is C36H39F4N5O4. The Morgan fingerprint density at radius 1 is 1.04 bits per heavy atom. The first kappa shape index (κ1) is 34.3. The van der Waals surface area contributed by atoms with Crippen molar-refractivity contribution in [3.8, 4) is 22.6 Å². The number of carbonyl (C=O) groups is 2. The number of likely N-dealkylation sites (tertiary alicyclic amines) is 1. The maximum Gasteiger partial charge on any atom is 0.416 e. The fourth-order valence-electron chi connectivity index (χ4n) is 6.91. The summed E-state index contributed by atoms with van der Waals surface area (Å²) in [7, 11) is 3.57. The molecule has 2 aliphatic rings. The highest BCUT2D eigenvalue weighted by molar-refractivity contribution is 5.95. The molecule has 1 N–H and O–H groups in total. The van der Waals surface area contributed by atoms with E-state index in [-0.39, 0.29) is 40.1 Å². The van der Waals surface area contributed by atoms with Crippen LogP contribution in [0.15, 0.2) is 48.5 Å². The van der Waals surface area contributed by atoms with Gasteiger partial charge in [0.1, 0.15) is 17.2 Å². The van der Waals surface area contributed by atoms with Gasteiger partial charge in [0.2, 0.25) is 0 Å². The van der Waals surface area contributed by atoms with Crippen LogP contribution < -0.4 is 4.90 Å². The summed E-state index contributed by atoms with van der Waals surface area (Å²) in [6, 6.07) is 11.0. The Bertz CT molecular complexity index is 1830. The topological polar surface area (TPSA) is 101 Å². The van der Waals surface area contributed by atoms with Gasteiger partial charge in [0, 0.05) is 55.9 Å². The molecular weight excluding hydrogens is 642 g/mol. The first-order valence-corrected chi connectivity index (χ1v) is 16.4. The Morgan fingerprint density at radius 3 is 2.37 bits per heavy atom. The molecule has 9 nitrogen and oxygen atoms in total. The lowest BCUT2D eigenvalue weighted by Gasteiger charge is -2.44. The summed E-state index contributed by atoms with van der Waals surface area (Å²) in [6.07, 6.45) is -0.596. The van der Waals surface area contributed by atoms with E-state index in [0.717, 1.165) is 31.4 Å². The van der Waals surface area contributed by atoms with Gasteiger partial charge in [-0.15, -0.1) is 0 Å². The van der Waals surface area contributed by atoms with Crippen molar-refractivity contribution in [3.05, 3.63) is 65.5 Å². The maximum absolute atomic E-state index is 14.5. The average Bonchev–Trinajstić information content (AvgIpc) is 3.50. The Labute approximate surface area is 281 Å². The number of H-pyrrole nitrogens is 1. The van der Waals surface area contributed by atoms with Crippen molar-refractivity contribution in [2.24, 2.45) is 11.3 Å². The van der Waals surface area contributed by atoms with Gasteiger partial charge in [-0.1, -0.05) is 18.6 Å². The molecule has 49 heavy (non-hydrogen) atoms. The number of anilines is 1. The molecule has 0 radical (unpaired) electrons. The lowest BCUT2D eigenvalue weighted by atomic mass is 9.69. The van der Waals surface area contributed by atoms with Crippen LogP contribution >= 0.6 is 0 Å². The fraction of sp³-hybridized carbons (Fsp3) is 0.444. The van der Waals surface area contributed by atoms with E-state index in [4.69, 9.17) is 14.5 Å². The lowest BCUT2D eigenvalue weighted by molar-refractivity contribution is -0.149. The molecule has 2 aromatic heterocycles. The number of halogens is 4. The Morgan fingerprint density at radius 2 is 1.76 bits per heavy atom. The number of rotatable bonds is 10. The summed E-state index contributed by atoms with van der Waals surface area (Å²) >= 11 is 0. The number of imidazole rings is 1. The average molecular weight is 682 g/mol. The number of ether oxygens (including phenoxy) is 2. The molecule has 13 heteroatoms. The number of benzene rings is 2. The quantitative estimate of drug-likeness (QED) is 0.141. The van der Waals surface area contributed by atoms with Crippen LogP contribution in [0.25, 0.3) is 33.8 Å². The summed E-state index contributed by atoms with van der Waals surface area (Å²) in [5.74, 6) is -1.13. The molecule has 3 heterocycles. The van der Waals surface area contributed by atoms with Crippen LogP contribution in [0.2, 0.25) is 0 Å². The zero-order chi connectivity index (χ0) is 34.9. The SMILES string of the molecule is CCOC(=O)C1CCN(C(=O)c2ccc(-c3nc4nc(-c5cc(F)cc(C(F)(F)F)c5)cc(N(C)CC5(COC)CCC5)c4[nH]3)cc2)CC1. The predicted octanol–water partition coefficient (Wildman–Crippen LogP) is 7.12. The van der Waals surface area contributed by atoms with Gasteiger partial charge in [0.05, 0.1) is 36.1 Å². The maximum atomic E-state index is 14.5. The number of methoxy groups -OCH3 is 1. The molecule has 2 aromatic carbocycles. The van der Waals surface area contributed by atoms with Gasteiger partial charge in [0.15, 0.2) is 5.65 Å². The van der Waals surface area contributed by atoms with Gasteiger partial charge < -0.3 is 24.3 Å². The minimum atomic E-state index is -4.73. The van der Waals surface area contributed by atoms with Crippen LogP contribution in [0.4, 0.5) is 23.2 Å². The van der Waals surface area contributed by atoms with Gasteiger partial charge in [-0.3, -0.25) is 9.59 Å². The first-order chi connectivity index (χ1) is 23.4. The smallest absolute Gasteiger partial charge is 0.416 e. The number of carbonyl (C=O) groups excluding carboxylic acids is 2. The number of hydrogen-bond donors (Lipinski definition) is 1. The lowest BCUT2D eigenvalue weighted by Crippen LogP contribution is -2.44. The minimum Gasteiger partial charge on any atom is -0.466 e. The summed E-state index contributed by atoms with van der Waals surface area (Å²) < 4.78 is 65.9. The number of alkyl halides is 3. The highest BCUT2D eigenvalue weighted by atomic mass is 19.4. The van der Waals surface area contributed by atoms with Gasteiger partial charge in [0.25, 0.3) is 5.91 Å². The number of aromatic nitrogens is 3. The monoisotopic (exact) mass is 681 g/mol. The molecule has 6 rings (SSSR count). The van der Waals surface area contributed by atoms with Gasteiger partial charge in [-0.25, -0.2) is 14.4 Å². The zero-order valence-electron chi connectivity index (χ0n) is 27.7. The highest BCUT2D eigenvalue weighted by Gasteiger charge is 2.39. The Kier molecular flexibility index (Phi) is 9.65. The molecule has 260 valence electrons. The molecule has 0 atom stereocenters. The van der Waals surface area contributed by atoms with E-state index < -0.39 is 17.6 Å². The summed E-state index contributed by atoms with van der Waals surface area (Å²) in [6.45, 7) is 4.21. The van der Waals surface area contributed by atoms with Crippen molar-refractivity contribution in [2.75, 3.05) is 51.9 Å². The molecule has 1 saturated carbocycles. The molecule has 1 saturated heterocycles. The van der Waals surface area contributed by atoms with Crippen LogP contribution in [0.5, 0.6) is 0 Å². The molecule has 2 fully saturated rings.